The predicted molar refractivity (Wildman–Crippen MR) is 145 cm³/mol. The second-order valence-electron chi connectivity index (χ2n) is 8.35. The Labute approximate surface area is 221 Å². The minimum atomic E-state index is -4.06. The van der Waals surface area contributed by atoms with Crippen LogP contribution < -0.4 is 9.62 Å². The number of nitrogens with one attached hydrogen (secondary N) is 1. The van der Waals surface area contributed by atoms with Gasteiger partial charge in [-0.3, -0.25) is 13.9 Å². The Kier molecular flexibility index (Phi) is 9.28. The van der Waals surface area contributed by atoms with E-state index in [9.17, 15) is 18.0 Å². The van der Waals surface area contributed by atoms with Crippen LogP contribution in [0.4, 0.5) is 5.69 Å². The summed E-state index contributed by atoms with van der Waals surface area (Å²) in [5, 5.41) is 2.62. The van der Waals surface area contributed by atoms with Crippen LogP contribution in [0.3, 0.4) is 0 Å². The highest BCUT2D eigenvalue weighted by Gasteiger charge is 2.33. The van der Waals surface area contributed by atoms with Gasteiger partial charge in [0.1, 0.15) is 12.6 Å². The maximum Gasteiger partial charge on any atom is 0.264 e. The van der Waals surface area contributed by atoms with Gasteiger partial charge < -0.3 is 10.2 Å². The highest BCUT2D eigenvalue weighted by molar-refractivity contribution is 9.10. The van der Waals surface area contributed by atoms with Crippen LogP contribution in [0.25, 0.3) is 0 Å². The summed E-state index contributed by atoms with van der Waals surface area (Å²) in [7, 11) is -2.54. The van der Waals surface area contributed by atoms with E-state index in [-0.39, 0.29) is 17.3 Å². The summed E-state index contributed by atoms with van der Waals surface area (Å²) >= 11 is 3.37. The highest BCUT2D eigenvalue weighted by atomic mass is 79.9. The van der Waals surface area contributed by atoms with Gasteiger partial charge in [-0.05, 0) is 55.3 Å². The van der Waals surface area contributed by atoms with Gasteiger partial charge in [0.05, 0.1) is 10.6 Å². The van der Waals surface area contributed by atoms with Crippen molar-refractivity contribution in [2.45, 2.75) is 37.8 Å². The molecular weight excluding hydrogens is 542 g/mol. The molecule has 0 saturated heterocycles. The first kappa shape index (κ1) is 27.4. The van der Waals surface area contributed by atoms with Crippen molar-refractivity contribution in [1.29, 1.82) is 0 Å². The lowest BCUT2D eigenvalue weighted by Gasteiger charge is -2.33. The number of halogens is 1. The number of amides is 2. The summed E-state index contributed by atoms with van der Waals surface area (Å²) in [6, 6.07) is 21.6. The fourth-order valence-corrected chi connectivity index (χ4v) is 5.53. The molecule has 0 aliphatic rings. The normalized spacial score (nSPS) is 12.0. The van der Waals surface area contributed by atoms with Gasteiger partial charge in [-0.25, -0.2) is 8.42 Å². The van der Waals surface area contributed by atoms with Crippen molar-refractivity contribution < 1.29 is 18.0 Å². The highest BCUT2D eigenvalue weighted by Crippen LogP contribution is 2.26. The van der Waals surface area contributed by atoms with Gasteiger partial charge in [-0.2, -0.15) is 0 Å². The van der Waals surface area contributed by atoms with Gasteiger partial charge in [-0.1, -0.05) is 70.9 Å². The molecule has 0 spiro atoms. The zero-order valence-electron chi connectivity index (χ0n) is 20.5. The average Bonchev–Trinajstić information content (AvgIpc) is 2.89. The van der Waals surface area contributed by atoms with E-state index in [0.717, 1.165) is 19.9 Å². The molecule has 3 aromatic rings. The lowest BCUT2D eigenvalue weighted by atomic mass is 10.1. The molecule has 190 valence electrons. The van der Waals surface area contributed by atoms with E-state index in [1.807, 2.05) is 38.1 Å². The molecule has 2 amide bonds. The molecule has 0 aliphatic heterocycles. The molecule has 1 N–H and O–H groups in total. The summed E-state index contributed by atoms with van der Waals surface area (Å²) < 4.78 is 29.2. The molecule has 0 aromatic heterocycles. The number of benzene rings is 3. The monoisotopic (exact) mass is 571 g/mol. The Bertz CT molecular complexity index is 1280. The largest absolute Gasteiger partial charge is 0.357 e. The van der Waals surface area contributed by atoms with E-state index in [0.29, 0.717) is 12.1 Å². The van der Waals surface area contributed by atoms with Gasteiger partial charge >= 0.3 is 0 Å². The topological polar surface area (TPSA) is 86.8 Å². The number of rotatable bonds is 10. The number of sulfonamides is 1. The minimum absolute atomic E-state index is 0.0733. The third-order valence-electron chi connectivity index (χ3n) is 5.83. The van der Waals surface area contributed by atoms with Gasteiger partial charge in [0.15, 0.2) is 0 Å². The smallest absolute Gasteiger partial charge is 0.264 e. The van der Waals surface area contributed by atoms with Gasteiger partial charge in [0.2, 0.25) is 11.8 Å². The Morgan fingerprint density at radius 3 is 2.11 bits per heavy atom. The molecule has 9 heteroatoms. The number of carbonyl (C=O) groups excluding carboxylic acids is 2. The maximum atomic E-state index is 13.8. The Balaban J connectivity index is 2.03. The van der Waals surface area contributed by atoms with Crippen LogP contribution in [-0.2, 0) is 26.2 Å². The predicted octanol–water partition coefficient (Wildman–Crippen LogP) is 4.51. The second-order valence-corrected chi connectivity index (χ2v) is 11.1. The number of hydrogen-bond acceptors (Lipinski definition) is 4. The summed E-state index contributed by atoms with van der Waals surface area (Å²) in [5.74, 6) is -0.785. The molecule has 7 nitrogen and oxygen atoms in total. The molecule has 3 rings (SSSR count). The number of hydrogen-bond donors (Lipinski definition) is 1. The Morgan fingerprint density at radius 2 is 1.56 bits per heavy atom. The van der Waals surface area contributed by atoms with Crippen molar-refractivity contribution in [3.63, 3.8) is 0 Å². The third-order valence-corrected chi connectivity index (χ3v) is 8.15. The van der Waals surface area contributed by atoms with Crippen molar-refractivity contribution >= 4 is 43.5 Å². The second kappa shape index (κ2) is 12.2. The van der Waals surface area contributed by atoms with Gasteiger partial charge in [-0.15, -0.1) is 0 Å². The summed E-state index contributed by atoms with van der Waals surface area (Å²) in [4.78, 5) is 28.0. The van der Waals surface area contributed by atoms with E-state index in [1.54, 1.807) is 42.5 Å². The van der Waals surface area contributed by atoms with Crippen LogP contribution in [-0.4, -0.2) is 44.8 Å². The zero-order chi connectivity index (χ0) is 26.3. The molecule has 0 unspecified atom stereocenters. The fraction of sp³-hybridized carbons (Fsp3) is 0.259. The van der Waals surface area contributed by atoms with Crippen LogP contribution >= 0.6 is 15.9 Å². The molecule has 1 atom stereocenters. The summed E-state index contributed by atoms with van der Waals surface area (Å²) in [6.07, 6.45) is 0.376. The number of likely N-dealkylation sites (N-methyl/N-ethyl adjacent to an activating group) is 1. The van der Waals surface area contributed by atoms with Crippen LogP contribution in [0, 0.1) is 6.92 Å². The number of aryl methyl sites for hydroxylation is 1. The average molecular weight is 573 g/mol. The third kappa shape index (κ3) is 6.53. The molecule has 0 radical (unpaired) electrons. The van der Waals surface area contributed by atoms with Crippen LogP contribution in [0.15, 0.2) is 88.2 Å². The molecule has 36 heavy (non-hydrogen) atoms. The first-order chi connectivity index (χ1) is 17.2. The van der Waals surface area contributed by atoms with E-state index < -0.39 is 28.5 Å². The lowest BCUT2D eigenvalue weighted by Crippen LogP contribution is -2.51. The first-order valence-corrected chi connectivity index (χ1v) is 13.8. The van der Waals surface area contributed by atoms with Gasteiger partial charge in [0.25, 0.3) is 10.0 Å². The van der Waals surface area contributed by atoms with Crippen molar-refractivity contribution in [3.05, 3.63) is 94.5 Å². The zero-order valence-corrected chi connectivity index (χ0v) is 22.9. The van der Waals surface area contributed by atoms with Crippen molar-refractivity contribution in [2.24, 2.45) is 0 Å². The van der Waals surface area contributed by atoms with Crippen LogP contribution in [0.5, 0.6) is 0 Å². The molecule has 0 fully saturated rings. The van der Waals surface area contributed by atoms with Crippen molar-refractivity contribution in [2.75, 3.05) is 17.9 Å². The summed E-state index contributed by atoms with van der Waals surface area (Å²) in [6.45, 7) is 3.50. The van der Waals surface area contributed by atoms with Gasteiger partial charge in [0, 0.05) is 18.1 Å². The van der Waals surface area contributed by atoms with Crippen molar-refractivity contribution in [1.82, 2.24) is 10.2 Å². The van der Waals surface area contributed by atoms with E-state index >= 15 is 0 Å². The Hall–Kier alpha value is -3.17. The van der Waals surface area contributed by atoms with E-state index in [2.05, 4.69) is 21.2 Å². The fourth-order valence-electron chi connectivity index (χ4n) is 3.83. The SMILES string of the molecule is CC[C@@H](C(=O)NC)N(Cc1ccc(C)cc1)C(=O)CN(c1ccc(Br)cc1)S(=O)(=O)c1ccccc1. The van der Waals surface area contributed by atoms with Crippen LogP contribution in [0.1, 0.15) is 24.5 Å². The lowest BCUT2D eigenvalue weighted by molar-refractivity contribution is -0.140. The molecule has 0 heterocycles. The molecule has 0 aliphatic carbocycles. The molecule has 3 aromatic carbocycles. The quantitative estimate of drug-likeness (QED) is 0.388. The number of nitrogens with zero attached hydrogens (tertiary/aromatic N) is 2. The standard InChI is InChI=1S/C27H30BrN3O4S/c1-4-25(27(33)29-3)30(18-21-12-10-20(2)11-13-21)26(32)19-31(23-16-14-22(28)15-17-23)36(34,35)24-8-6-5-7-9-24/h5-17,25H,4,18-19H2,1-3H3,(H,29,33)/t25-/m0/s1. The molecular formula is C27H30BrN3O4S. The summed E-state index contributed by atoms with van der Waals surface area (Å²) in [5.41, 5.74) is 2.27. The number of carbonyl (C=O) groups is 2. The Morgan fingerprint density at radius 1 is 0.944 bits per heavy atom. The van der Waals surface area contributed by atoms with Crippen molar-refractivity contribution in [3.8, 4) is 0 Å². The van der Waals surface area contributed by atoms with Crippen LogP contribution in [0.2, 0.25) is 0 Å². The maximum absolute atomic E-state index is 13.8. The van der Waals surface area contributed by atoms with E-state index in [4.69, 9.17) is 0 Å². The number of anilines is 1. The minimum Gasteiger partial charge on any atom is -0.357 e. The molecule has 0 bridgehead atoms. The molecule has 0 saturated carbocycles. The van der Waals surface area contributed by atoms with E-state index in [1.165, 1.54) is 24.1 Å². The first-order valence-electron chi connectivity index (χ1n) is 11.6.